The quantitative estimate of drug-likeness (QED) is 0.604. The summed E-state index contributed by atoms with van der Waals surface area (Å²) in [4.78, 5) is 38.7. The molecule has 2 aromatic carbocycles. The molecule has 0 aromatic heterocycles. The Morgan fingerprint density at radius 1 is 1.09 bits per heavy atom. The largest absolute Gasteiger partial charge is 0.481 e. The van der Waals surface area contributed by atoms with Gasteiger partial charge >= 0.3 is 12.1 Å². The summed E-state index contributed by atoms with van der Waals surface area (Å²) in [5.74, 6) is -1.10. The lowest BCUT2D eigenvalue weighted by molar-refractivity contribution is -0.149. The highest BCUT2D eigenvalue weighted by Gasteiger charge is 2.47. The second-order valence-electron chi connectivity index (χ2n) is 10.7. The van der Waals surface area contributed by atoms with Crippen molar-refractivity contribution < 1.29 is 24.2 Å². The van der Waals surface area contributed by atoms with Gasteiger partial charge in [-0.3, -0.25) is 9.59 Å². The van der Waals surface area contributed by atoms with E-state index in [2.05, 4.69) is 29.6 Å². The van der Waals surface area contributed by atoms with Gasteiger partial charge in [-0.25, -0.2) is 4.79 Å². The number of rotatable bonds is 7. The number of ether oxygens (including phenoxy) is 1. The van der Waals surface area contributed by atoms with E-state index in [0.29, 0.717) is 13.0 Å². The van der Waals surface area contributed by atoms with Crippen molar-refractivity contribution in [3.8, 4) is 11.1 Å². The minimum Gasteiger partial charge on any atom is -0.481 e. The van der Waals surface area contributed by atoms with Crippen molar-refractivity contribution in [2.45, 2.75) is 52.0 Å². The van der Waals surface area contributed by atoms with Crippen LogP contribution in [0.2, 0.25) is 0 Å². The molecule has 186 valence electrons. The minimum absolute atomic E-state index is 0.0152. The number of carboxylic acids is 1. The summed E-state index contributed by atoms with van der Waals surface area (Å²) in [5, 5.41) is 12.4. The molecular formula is C28H34N2O5. The predicted octanol–water partition coefficient (Wildman–Crippen LogP) is 4.65. The molecule has 0 saturated carbocycles. The average Bonchev–Trinajstić information content (AvgIpc) is 3.31. The monoisotopic (exact) mass is 478 g/mol. The van der Waals surface area contributed by atoms with E-state index in [1.54, 1.807) is 11.8 Å². The number of nitrogens with one attached hydrogen (secondary N) is 1. The highest BCUT2D eigenvalue weighted by Crippen LogP contribution is 2.44. The van der Waals surface area contributed by atoms with Gasteiger partial charge in [0.25, 0.3) is 0 Å². The lowest BCUT2D eigenvalue weighted by atomic mass is 9.81. The van der Waals surface area contributed by atoms with E-state index in [0.717, 1.165) is 11.1 Å². The molecule has 35 heavy (non-hydrogen) atoms. The summed E-state index contributed by atoms with van der Waals surface area (Å²) in [5.41, 5.74) is 3.07. The van der Waals surface area contributed by atoms with Crippen LogP contribution in [0.5, 0.6) is 0 Å². The Balaban J connectivity index is 1.30. The van der Waals surface area contributed by atoms with Crippen LogP contribution in [0, 0.1) is 11.3 Å². The fourth-order valence-corrected chi connectivity index (χ4v) is 5.17. The number of carbonyl (C=O) groups is 3. The summed E-state index contributed by atoms with van der Waals surface area (Å²) in [7, 11) is 0. The molecule has 1 fully saturated rings. The molecule has 7 heteroatoms. The van der Waals surface area contributed by atoms with Gasteiger partial charge in [-0.1, -0.05) is 55.5 Å². The number of hydrogen-bond acceptors (Lipinski definition) is 4. The lowest BCUT2D eigenvalue weighted by Crippen LogP contribution is -2.45. The number of benzene rings is 2. The van der Waals surface area contributed by atoms with Crippen LogP contribution >= 0.6 is 0 Å². The maximum atomic E-state index is 12.8. The topological polar surface area (TPSA) is 95.9 Å². The van der Waals surface area contributed by atoms with Gasteiger partial charge in [-0.05, 0) is 55.4 Å². The molecule has 2 atom stereocenters. The van der Waals surface area contributed by atoms with E-state index < -0.39 is 23.0 Å². The standard InChI is InChI=1S/C28H34N2O5/c1-18-15-30(17-28(18,4)25(32)33)24(31)13-14-27(2,3)29-26(34)35-16-23-21-11-7-5-9-19(21)20-10-6-8-12-22(20)23/h5-12,18,23H,13-17H2,1-4H3,(H,29,34)(H,32,33)/t18-,28-/m0/s1. The average molecular weight is 479 g/mol. The molecular weight excluding hydrogens is 444 g/mol. The third-order valence-corrected chi connectivity index (χ3v) is 7.69. The molecule has 2 aromatic rings. The Morgan fingerprint density at radius 3 is 2.20 bits per heavy atom. The summed E-state index contributed by atoms with van der Waals surface area (Å²) in [6, 6.07) is 16.4. The normalized spacial score (nSPS) is 21.4. The van der Waals surface area contributed by atoms with Crippen LogP contribution in [0.4, 0.5) is 4.79 Å². The minimum atomic E-state index is -0.926. The van der Waals surface area contributed by atoms with Crippen LogP contribution in [-0.2, 0) is 14.3 Å². The van der Waals surface area contributed by atoms with Gasteiger partial charge in [0.15, 0.2) is 0 Å². The maximum Gasteiger partial charge on any atom is 0.407 e. The first-order valence-corrected chi connectivity index (χ1v) is 12.2. The number of amides is 2. The van der Waals surface area contributed by atoms with Gasteiger partial charge in [0.1, 0.15) is 6.61 Å². The van der Waals surface area contributed by atoms with Gasteiger partial charge in [0.05, 0.1) is 5.41 Å². The van der Waals surface area contributed by atoms with E-state index in [-0.39, 0.29) is 37.3 Å². The fourth-order valence-electron chi connectivity index (χ4n) is 5.17. The first kappa shape index (κ1) is 24.8. The van der Waals surface area contributed by atoms with Gasteiger partial charge in [-0.15, -0.1) is 0 Å². The second-order valence-corrected chi connectivity index (χ2v) is 10.7. The molecule has 1 aliphatic heterocycles. The zero-order valence-corrected chi connectivity index (χ0v) is 20.8. The SMILES string of the molecule is C[C@H]1CN(C(=O)CCC(C)(C)NC(=O)OCC2c3ccccc3-c3ccccc32)C[C@]1(C)C(=O)O. The fraction of sp³-hybridized carbons (Fsp3) is 0.464. The van der Waals surface area contributed by atoms with Crippen LogP contribution in [0.25, 0.3) is 11.1 Å². The number of nitrogens with zero attached hydrogens (tertiary/aromatic N) is 1. The summed E-state index contributed by atoms with van der Waals surface area (Å²) in [6.07, 6.45) is 0.126. The third kappa shape index (κ3) is 4.90. The van der Waals surface area contributed by atoms with Crippen molar-refractivity contribution in [1.82, 2.24) is 10.2 Å². The summed E-state index contributed by atoms with van der Waals surface area (Å²) in [6.45, 7) is 8.14. The molecule has 1 heterocycles. The predicted molar refractivity (Wildman–Crippen MR) is 133 cm³/mol. The molecule has 1 saturated heterocycles. The second kappa shape index (κ2) is 9.36. The highest BCUT2D eigenvalue weighted by molar-refractivity contribution is 5.81. The molecule has 2 amide bonds. The Morgan fingerprint density at radius 2 is 1.66 bits per heavy atom. The van der Waals surface area contributed by atoms with E-state index in [1.807, 2.05) is 45.0 Å². The van der Waals surface area contributed by atoms with Crippen molar-refractivity contribution in [2.75, 3.05) is 19.7 Å². The Bertz CT molecular complexity index is 1100. The third-order valence-electron chi connectivity index (χ3n) is 7.69. The molecule has 0 spiro atoms. The molecule has 7 nitrogen and oxygen atoms in total. The molecule has 2 N–H and O–H groups in total. The van der Waals surface area contributed by atoms with Crippen molar-refractivity contribution in [3.63, 3.8) is 0 Å². The number of carboxylic acid groups (broad SMARTS) is 1. The van der Waals surface area contributed by atoms with Gasteiger partial charge in [-0.2, -0.15) is 0 Å². The van der Waals surface area contributed by atoms with Crippen molar-refractivity contribution in [3.05, 3.63) is 59.7 Å². The first-order chi connectivity index (χ1) is 16.5. The zero-order chi connectivity index (χ0) is 25.4. The molecule has 0 unspecified atom stereocenters. The van der Waals surface area contributed by atoms with Crippen LogP contribution in [0.15, 0.2) is 48.5 Å². The molecule has 2 aliphatic rings. The van der Waals surface area contributed by atoms with Crippen molar-refractivity contribution in [2.24, 2.45) is 11.3 Å². The number of aliphatic carboxylic acids is 1. The molecule has 1 aliphatic carbocycles. The van der Waals surface area contributed by atoms with Crippen LogP contribution in [0.1, 0.15) is 57.6 Å². The van der Waals surface area contributed by atoms with E-state index >= 15 is 0 Å². The van der Waals surface area contributed by atoms with Gasteiger partial charge < -0.3 is 20.1 Å². The number of fused-ring (bicyclic) bond motifs is 3. The van der Waals surface area contributed by atoms with Gasteiger partial charge in [0, 0.05) is 31.0 Å². The van der Waals surface area contributed by atoms with E-state index in [9.17, 15) is 19.5 Å². The Hall–Kier alpha value is -3.35. The van der Waals surface area contributed by atoms with Crippen LogP contribution in [0.3, 0.4) is 0 Å². The van der Waals surface area contributed by atoms with Crippen molar-refractivity contribution in [1.29, 1.82) is 0 Å². The van der Waals surface area contributed by atoms with Crippen molar-refractivity contribution >= 4 is 18.0 Å². The smallest absolute Gasteiger partial charge is 0.407 e. The van der Waals surface area contributed by atoms with Crippen LogP contribution in [-0.4, -0.2) is 53.2 Å². The Labute approximate surface area is 206 Å². The number of alkyl carbamates (subject to hydrolysis) is 1. The molecule has 0 bridgehead atoms. The summed E-state index contributed by atoms with van der Waals surface area (Å²) < 4.78 is 5.64. The molecule has 0 radical (unpaired) electrons. The van der Waals surface area contributed by atoms with E-state index in [4.69, 9.17) is 4.74 Å². The maximum absolute atomic E-state index is 12.8. The summed E-state index contributed by atoms with van der Waals surface area (Å²) >= 11 is 0. The first-order valence-electron chi connectivity index (χ1n) is 12.2. The van der Waals surface area contributed by atoms with Crippen LogP contribution < -0.4 is 5.32 Å². The number of carbonyl (C=O) groups excluding carboxylic acids is 2. The zero-order valence-electron chi connectivity index (χ0n) is 20.8. The number of hydrogen-bond donors (Lipinski definition) is 2. The van der Waals surface area contributed by atoms with E-state index in [1.165, 1.54) is 11.1 Å². The Kier molecular flexibility index (Phi) is 6.62. The highest BCUT2D eigenvalue weighted by atomic mass is 16.5. The number of likely N-dealkylation sites (tertiary alicyclic amines) is 1. The van der Waals surface area contributed by atoms with Gasteiger partial charge in [0.2, 0.25) is 5.91 Å². The lowest BCUT2D eigenvalue weighted by Gasteiger charge is -2.27. The molecule has 4 rings (SSSR count).